The first-order valence-corrected chi connectivity index (χ1v) is 18.0. The Morgan fingerprint density at radius 2 is 1.53 bits per heavy atom. The number of rotatable bonds is 9. The normalized spacial score (nSPS) is 12.5. The van der Waals surface area contributed by atoms with Crippen LogP contribution in [0, 0.1) is 23.8 Å². The topological polar surface area (TPSA) is 76.5 Å². The Morgan fingerprint density at radius 3 is 2.18 bits per heavy atom. The summed E-state index contributed by atoms with van der Waals surface area (Å²) < 4.78 is 12.0. The fraction of sp³-hybridized carbons (Fsp3) is 0.378. The number of nitrogens with zero attached hydrogens (tertiary/aromatic N) is 1. The molecule has 0 saturated carbocycles. The van der Waals surface area contributed by atoms with Crippen LogP contribution in [0.2, 0.25) is 0 Å². The van der Waals surface area contributed by atoms with Gasteiger partial charge in [-0.3, -0.25) is 9.78 Å². The molecule has 0 spiro atoms. The molecule has 51 heavy (non-hydrogen) atoms. The zero-order valence-corrected chi connectivity index (χ0v) is 34.2. The number of carbonyl (C=O) groups excluding carboxylic acids is 1. The van der Waals surface area contributed by atoms with Crippen LogP contribution in [0.5, 0.6) is 0 Å². The molecule has 1 radical (unpaired) electrons. The third kappa shape index (κ3) is 8.08. The maximum atomic E-state index is 12.2. The number of benzene rings is 3. The Morgan fingerprint density at radius 1 is 0.863 bits per heavy atom. The quantitative estimate of drug-likeness (QED) is 0.0890. The number of aryl methyl sites for hydroxylation is 1. The van der Waals surface area contributed by atoms with E-state index in [0.717, 1.165) is 81.2 Å². The molecule has 3 aromatic heterocycles. The number of aliphatic hydroxyl groups excluding tert-OH is 1. The zero-order valence-electron chi connectivity index (χ0n) is 31.8. The number of hydrogen-bond acceptors (Lipinski definition) is 5. The summed E-state index contributed by atoms with van der Waals surface area (Å²) in [7, 11) is 0. The van der Waals surface area contributed by atoms with Crippen molar-refractivity contribution in [2.75, 3.05) is 0 Å². The SMILES string of the molecule is CCC(C)(CC)C(=O)/C=C(\O)C(C)(CC)CC.Cc1coc2ccc(-c3cc4ccnc(-c5[c-]c6ccccc6c(C(C)(C)C)c5)c4o3)cc12.[Ir]. The van der Waals surface area contributed by atoms with Gasteiger partial charge >= 0.3 is 0 Å². The summed E-state index contributed by atoms with van der Waals surface area (Å²) in [5, 5.41) is 14.6. The Labute approximate surface area is 316 Å². The molecular formula is C45H52IrNO4-. The van der Waals surface area contributed by atoms with E-state index in [1.165, 1.54) is 17.0 Å². The predicted octanol–water partition coefficient (Wildman–Crippen LogP) is 13.1. The summed E-state index contributed by atoms with van der Waals surface area (Å²) >= 11 is 0. The Balaban J connectivity index is 0.000000279. The van der Waals surface area contributed by atoms with Crippen LogP contribution < -0.4 is 0 Å². The van der Waals surface area contributed by atoms with Crippen LogP contribution in [-0.4, -0.2) is 15.9 Å². The van der Waals surface area contributed by atoms with Gasteiger partial charge in [0.2, 0.25) is 0 Å². The summed E-state index contributed by atoms with van der Waals surface area (Å²) in [6.07, 6.45) is 8.39. The summed E-state index contributed by atoms with van der Waals surface area (Å²) in [4.78, 5) is 16.9. The van der Waals surface area contributed by atoms with Gasteiger partial charge in [-0.1, -0.05) is 91.5 Å². The van der Waals surface area contributed by atoms with E-state index in [2.05, 4.69) is 76.2 Å². The van der Waals surface area contributed by atoms with Gasteiger partial charge in [-0.25, -0.2) is 0 Å². The van der Waals surface area contributed by atoms with E-state index in [-0.39, 0.29) is 47.9 Å². The predicted molar refractivity (Wildman–Crippen MR) is 208 cm³/mol. The third-order valence-corrected chi connectivity index (χ3v) is 10.9. The van der Waals surface area contributed by atoms with Crippen molar-refractivity contribution in [1.82, 2.24) is 4.98 Å². The van der Waals surface area contributed by atoms with Crippen LogP contribution in [0.15, 0.2) is 93.8 Å². The molecule has 6 heteroatoms. The molecule has 0 fully saturated rings. The van der Waals surface area contributed by atoms with Crippen LogP contribution >= 0.6 is 0 Å². The minimum absolute atomic E-state index is 0. The molecule has 3 aromatic carbocycles. The number of aliphatic hydroxyl groups is 1. The van der Waals surface area contributed by atoms with Gasteiger partial charge in [0.15, 0.2) is 5.78 Å². The van der Waals surface area contributed by atoms with Crippen LogP contribution in [0.1, 0.15) is 99.1 Å². The summed E-state index contributed by atoms with van der Waals surface area (Å²) in [5.41, 5.74) is 6.23. The van der Waals surface area contributed by atoms with Gasteiger partial charge in [0, 0.05) is 65.2 Å². The second-order valence-electron chi connectivity index (χ2n) is 15.1. The van der Waals surface area contributed by atoms with E-state index >= 15 is 0 Å². The van der Waals surface area contributed by atoms with Crippen molar-refractivity contribution in [3.05, 3.63) is 102 Å². The van der Waals surface area contributed by atoms with E-state index in [1.807, 2.05) is 65.9 Å². The van der Waals surface area contributed by atoms with Gasteiger partial charge in [-0.2, -0.15) is 0 Å². The van der Waals surface area contributed by atoms with Crippen molar-refractivity contribution < 1.29 is 38.8 Å². The fourth-order valence-corrected chi connectivity index (χ4v) is 6.27. The standard InChI is InChI=1S/C30H24NO2.C15H28O2.Ir/c1-18-17-32-26-10-9-20(14-24(18)26)27-16-21-11-12-31-28(29(21)33-27)22-13-19-7-5-6-8-23(19)25(15-22)30(2,3)4;1-7-14(5,8-2)12(16)11-13(17)15(6,9-3)10-4;/h5-12,14-17H,1-4H3;11,16H,7-10H2,1-6H3;/q-1;;/b;12-11-;. The first-order chi connectivity index (χ1) is 23.7. The molecule has 6 aromatic rings. The molecule has 0 aliphatic carbocycles. The molecule has 3 heterocycles. The van der Waals surface area contributed by atoms with Crippen molar-refractivity contribution in [2.24, 2.45) is 10.8 Å². The molecule has 6 rings (SSSR count). The van der Waals surface area contributed by atoms with Crippen LogP contribution in [-0.2, 0) is 30.3 Å². The number of fused-ring (bicyclic) bond motifs is 3. The average molecular weight is 863 g/mol. The molecule has 0 atom stereocenters. The number of allylic oxidation sites excluding steroid dienone is 2. The smallest absolute Gasteiger partial charge is 0.164 e. The zero-order chi connectivity index (χ0) is 36.4. The van der Waals surface area contributed by atoms with Gasteiger partial charge in [-0.05, 0) is 73.9 Å². The second-order valence-corrected chi connectivity index (χ2v) is 15.1. The third-order valence-electron chi connectivity index (χ3n) is 10.9. The van der Waals surface area contributed by atoms with Crippen molar-refractivity contribution >= 4 is 38.5 Å². The van der Waals surface area contributed by atoms with Crippen LogP contribution in [0.4, 0.5) is 0 Å². The van der Waals surface area contributed by atoms with Crippen molar-refractivity contribution in [2.45, 2.75) is 100 Å². The van der Waals surface area contributed by atoms with Gasteiger partial charge in [0.1, 0.15) is 22.7 Å². The molecule has 0 amide bonds. The number of pyridine rings is 1. The van der Waals surface area contributed by atoms with Crippen molar-refractivity contribution in [3.63, 3.8) is 0 Å². The van der Waals surface area contributed by atoms with Gasteiger partial charge in [0.05, 0.1) is 6.26 Å². The van der Waals surface area contributed by atoms with E-state index in [1.54, 1.807) is 6.26 Å². The van der Waals surface area contributed by atoms with Gasteiger partial charge < -0.3 is 13.9 Å². The first kappa shape index (κ1) is 39.8. The summed E-state index contributed by atoms with van der Waals surface area (Å²) in [6.45, 7) is 20.9. The summed E-state index contributed by atoms with van der Waals surface area (Å²) in [6, 6.07) is 24.5. The minimum atomic E-state index is -0.337. The average Bonchev–Trinajstić information content (AvgIpc) is 3.73. The molecule has 0 unspecified atom stereocenters. The number of aromatic nitrogens is 1. The molecule has 271 valence electrons. The minimum Gasteiger partial charge on any atom is -0.512 e. The number of ketones is 1. The van der Waals surface area contributed by atoms with Crippen molar-refractivity contribution in [1.29, 1.82) is 0 Å². The molecule has 0 bridgehead atoms. The Kier molecular flexibility index (Phi) is 12.3. The fourth-order valence-electron chi connectivity index (χ4n) is 6.27. The van der Waals surface area contributed by atoms with E-state index < -0.39 is 0 Å². The molecule has 1 N–H and O–H groups in total. The molecule has 0 saturated heterocycles. The monoisotopic (exact) mass is 863 g/mol. The molecule has 5 nitrogen and oxygen atoms in total. The number of carbonyl (C=O) groups is 1. The van der Waals surface area contributed by atoms with E-state index in [4.69, 9.17) is 13.8 Å². The Hall–Kier alpha value is -3.99. The number of hydrogen-bond donors (Lipinski definition) is 1. The van der Waals surface area contributed by atoms with E-state index in [0.29, 0.717) is 0 Å². The van der Waals surface area contributed by atoms with Gasteiger partial charge in [0.25, 0.3) is 0 Å². The maximum Gasteiger partial charge on any atom is 0.164 e. The second kappa shape index (κ2) is 15.7. The largest absolute Gasteiger partial charge is 0.512 e. The van der Waals surface area contributed by atoms with Crippen LogP contribution in [0.25, 0.3) is 55.3 Å². The van der Waals surface area contributed by atoms with E-state index in [9.17, 15) is 9.90 Å². The summed E-state index contributed by atoms with van der Waals surface area (Å²) in [5.74, 6) is 1.10. The maximum absolute atomic E-state index is 12.2. The van der Waals surface area contributed by atoms with Crippen molar-refractivity contribution in [3.8, 4) is 22.6 Å². The number of furan rings is 2. The van der Waals surface area contributed by atoms with Crippen LogP contribution in [0.3, 0.4) is 0 Å². The molecule has 0 aliphatic rings. The molecule has 0 aliphatic heterocycles. The molecular weight excluding hydrogens is 811 g/mol. The Bertz CT molecular complexity index is 2170. The first-order valence-electron chi connectivity index (χ1n) is 18.0. The van der Waals surface area contributed by atoms with Gasteiger partial charge in [-0.15, -0.1) is 29.1 Å².